The van der Waals surface area contributed by atoms with Crippen molar-refractivity contribution in [3.05, 3.63) is 54.5 Å². The van der Waals surface area contributed by atoms with E-state index >= 15 is 0 Å². The first kappa shape index (κ1) is 19.6. The molecule has 1 aliphatic heterocycles. The van der Waals surface area contributed by atoms with Crippen LogP contribution >= 0.6 is 0 Å². The molecule has 0 radical (unpaired) electrons. The Labute approximate surface area is 182 Å². The number of aryl methyl sites for hydroxylation is 1. The van der Waals surface area contributed by atoms with Gasteiger partial charge in [-0.25, -0.2) is 4.98 Å². The van der Waals surface area contributed by atoms with Crippen LogP contribution in [0.4, 0.5) is 5.69 Å². The van der Waals surface area contributed by atoms with Crippen molar-refractivity contribution in [2.75, 3.05) is 31.6 Å². The van der Waals surface area contributed by atoms with Gasteiger partial charge in [-0.05, 0) is 64.2 Å². The van der Waals surface area contributed by atoms with E-state index in [1.165, 1.54) is 0 Å². The van der Waals surface area contributed by atoms with E-state index in [2.05, 4.69) is 45.0 Å². The van der Waals surface area contributed by atoms with Gasteiger partial charge in [-0.15, -0.1) is 0 Å². The van der Waals surface area contributed by atoms with Crippen LogP contribution in [0.2, 0.25) is 0 Å². The van der Waals surface area contributed by atoms with Crippen molar-refractivity contribution in [3.8, 4) is 22.6 Å². The van der Waals surface area contributed by atoms with Crippen LogP contribution in [0.5, 0.6) is 0 Å². The zero-order valence-corrected chi connectivity index (χ0v) is 18.2. The molecule has 1 N–H and O–H groups in total. The summed E-state index contributed by atoms with van der Waals surface area (Å²) >= 11 is 0. The summed E-state index contributed by atoms with van der Waals surface area (Å²) in [6.45, 7) is 7.42. The number of likely N-dealkylation sites (N-methyl/N-ethyl adjacent to an activating group) is 1. The van der Waals surface area contributed by atoms with Crippen molar-refractivity contribution in [3.63, 3.8) is 0 Å². The van der Waals surface area contributed by atoms with E-state index in [1.54, 1.807) is 0 Å². The van der Waals surface area contributed by atoms with Crippen LogP contribution in [0.1, 0.15) is 19.0 Å². The summed E-state index contributed by atoms with van der Waals surface area (Å²) in [4.78, 5) is 19.1. The summed E-state index contributed by atoms with van der Waals surface area (Å²) in [7, 11) is 2.20. The molecule has 0 saturated carbocycles. The van der Waals surface area contributed by atoms with E-state index in [-0.39, 0.29) is 0 Å². The van der Waals surface area contributed by atoms with Crippen LogP contribution in [-0.2, 0) is 0 Å². The quantitative estimate of drug-likeness (QED) is 0.549. The molecule has 1 atom stereocenters. The Kier molecular flexibility index (Phi) is 5.11. The lowest BCUT2D eigenvalue weighted by Crippen LogP contribution is -2.36. The smallest absolute Gasteiger partial charge is 0.120 e. The van der Waals surface area contributed by atoms with E-state index in [0.717, 1.165) is 71.1 Å². The van der Waals surface area contributed by atoms with Crippen LogP contribution < -0.4 is 4.90 Å². The van der Waals surface area contributed by atoms with Crippen LogP contribution in [0.15, 0.2) is 48.8 Å². The van der Waals surface area contributed by atoms with Crippen LogP contribution in [-0.4, -0.2) is 62.8 Å². The normalized spacial score (nSPS) is 17.8. The van der Waals surface area contributed by atoms with Crippen molar-refractivity contribution >= 4 is 16.7 Å². The third kappa shape index (κ3) is 3.88. The number of nitrogens with one attached hydrogen (secondary N) is 1. The standard InChI is InChI=1S/C24H27N7/c1-16-6-4-7-22(27-16)24-19(14-26-29-24)20-8-9-21-23(28-20)12-18(13-25-21)31-11-5-10-30(3)17(2)15-31/h4,6-9,12-14,17H,5,10-11,15H2,1-3H3,(H,26,29)/t17-/m0/s1. The number of nitrogens with zero attached hydrogens (tertiary/aromatic N) is 6. The fourth-order valence-electron chi connectivity index (χ4n) is 4.19. The number of aromatic nitrogens is 5. The molecule has 5 heterocycles. The number of H-pyrrole nitrogens is 1. The Hall–Kier alpha value is -3.32. The molecule has 5 rings (SSSR count). The number of pyridine rings is 3. The molecule has 7 heteroatoms. The average Bonchev–Trinajstić information content (AvgIpc) is 3.21. The molecule has 0 amide bonds. The summed E-state index contributed by atoms with van der Waals surface area (Å²) in [5.74, 6) is 0. The van der Waals surface area contributed by atoms with Gasteiger partial charge in [-0.3, -0.25) is 15.1 Å². The topological polar surface area (TPSA) is 73.8 Å². The number of rotatable bonds is 3. The highest BCUT2D eigenvalue weighted by Gasteiger charge is 2.20. The Balaban J connectivity index is 1.52. The van der Waals surface area contributed by atoms with E-state index in [4.69, 9.17) is 9.97 Å². The van der Waals surface area contributed by atoms with Crippen molar-refractivity contribution in [2.24, 2.45) is 0 Å². The minimum atomic E-state index is 0.507. The minimum Gasteiger partial charge on any atom is -0.369 e. The van der Waals surface area contributed by atoms with E-state index in [0.29, 0.717) is 6.04 Å². The first-order chi connectivity index (χ1) is 15.1. The SMILES string of the molecule is Cc1cccc(-c2n[nH]cc2-c2ccc3ncc(N4CCCN(C)[C@@H](C)C4)cc3n2)n1. The molecular formula is C24H27N7. The van der Waals surface area contributed by atoms with Crippen LogP contribution in [0, 0.1) is 6.92 Å². The summed E-state index contributed by atoms with van der Waals surface area (Å²) < 4.78 is 0. The number of hydrogen-bond acceptors (Lipinski definition) is 6. The maximum atomic E-state index is 4.95. The largest absolute Gasteiger partial charge is 0.369 e. The van der Waals surface area contributed by atoms with Gasteiger partial charge in [0.05, 0.1) is 34.3 Å². The molecule has 0 aliphatic carbocycles. The Morgan fingerprint density at radius 2 is 1.94 bits per heavy atom. The van der Waals surface area contributed by atoms with Crippen molar-refractivity contribution < 1.29 is 0 Å². The van der Waals surface area contributed by atoms with Crippen molar-refractivity contribution in [1.82, 2.24) is 30.0 Å². The average molecular weight is 414 g/mol. The van der Waals surface area contributed by atoms with Gasteiger partial charge in [0.25, 0.3) is 0 Å². The maximum absolute atomic E-state index is 4.95. The Morgan fingerprint density at radius 3 is 2.81 bits per heavy atom. The zero-order chi connectivity index (χ0) is 21.4. The predicted molar refractivity (Wildman–Crippen MR) is 124 cm³/mol. The van der Waals surface area contributed by atoms with Gasteiger partial charge in [0, 0.05) is 36.6 Å². The van der Waals surface area contributed by atoms with Crippen LogP contribution in [0.3, 0.4) is 0 Å². The molecule has 1 aliphatic rings. The molecule has 0 unspecified atom stereocenters. The summed E-state index contributed by atoms with van der Waals surface area (Å²) in [6.07, 6.45) is 5.01. The first-order valence-corrected chi connectivity index (χ1v) is 10.8. The van der Waals surface area contributed by atoms with Gasteiger partial charge in [0.2, 0.25) is 0 Å². The highest BCUT2D eigenvalue weighted by atomic mass is 15.2. The molecule has 4 aromatic rings. The lowest BCUT2D eigenvalue weighted by molar-refractivity contribution is 0.278. The lowest BCUT2D eigenvalue weighted by Gasteiger charge is -2.27. The highest BCUT2D eigenvalue weighted by Crippen LogP contribution is 2.30. The molecule has 158 valence electrons. The number of hydrogen-bond donors (Lipinski definition) is 1. The molecule has 4 aromatic heterocycles. The monoisotopic (exact) mass is 413 g/mol. The minimum absolute atomic E-state index is 0.507. The van der Waals surface area contributed by atoms with Crippen molar-refractivity contribution in [1.29, 1.82) is 0 Å². The van der Waals surface area contributed by atoms with E-state index in [1.807, 2.05) is 49.6 Å². The number of fused-ring (bicyclic) bond motifs is 1. The molecular weight excluding hydrogens is 386 g/mol. The molecule has 0 aromatic carbocycles. The van der Waals surface area contributed by atoms with Gasteiger partial charge < -0.3 is 9.80 Å². The molecule has 0 spiro atoms. The molecule has 0 bridgehead atoms. The summed E-state index contributed by atoms with van der Waals surface area (Å²) in [5, 5.41) is 7.43. The summed E-state index contributed by atoms with van der Waals surface area (Å²) in [6, 6.07) is 12.7. The fourth-order valence-corrected chi connectivity index (χ4v) is 4.19. The van der Waals surface area contributed by atoms with E-state index < -0.39 is 0 Å². The predicted octanol–water partition coefficient (Wildman–Crippen LogP) is 3.92. The van der Waals surface area contributed by atoms with Gasteiger partial charge in [-0.2, -0.15) is 5.10 Å². The van der Waals surface area contributed by atoms with Crippen LogP contribution in [0.25, 0.3) is 33.7 Å². The molecule has 7 nitrogen and oxygen atoms in total. The van der Waals surface area contributed by atoms with Gasteiger partial charge in [-0.1, -0.05) is 6.07 Å². The molecule has 31 heavy (non-hydrogen) atoms. The summed E-state index contributed by atoms with van der Waals surface area (Å²) in [5.41, 5.74) is 7.33. The maximum Gasteiger partial charge on any atom is 0.120 e. The van der Waals surface area contributed by atoms with Gasteiger partial charge >= 0.3 is 0 Å². The van der Waals surface area contributed by atoms with Gasteiger partial charge in [0.15, 0.2) is 0 Å². The third-order valence-electron chi connectivity index (χ3n) is 6.11. The van der Waals surface area contributed by atoms with E-state index in [9.17, 15) is 0 Å². The number of aromatic amines is 1. The molecule has 1 saturated heterocycles. The zero-order valence-electron chi connectivity index (χ0n) is 18.2. The second kappa shape index (κ2) is 8.07. The Morgan fingerprint density at radius 1 is 1.03 bits per heavy atom. The second-order valence-corrected chi connectivity index (χ2v) is 8.37. The number of anilines is 1. The first-order valence-electron chi connectivity index (χ1n) is 10.8. The Bertz CT molecular complexity index is 1220. The fraction of sp³-hybridized carbons (Fsp3) is 0.333. The van der Waals surface area contributed by atoms with Gasteiger partial charge in [0.1, 0.15) is 5.69 Å². The second-order valence-electron chi connectivity index (χ2n) is 8.37. The third-order valence-corrected chi connectivity index (χ3v) is 6.11. The highest BCUT2D eigenvalue weighted by molar-refractivity contribution is 5.84. The lowest BCUT2D eigenvalue weighted by atomic mass is 10.1. The van der Waals surface area contributed by atoms with Crippen molar-refractivity contribution in [2.45, 2.75) is 26.3 Å². The molecule has 1 fully saturated rings.